The molecule has 0 bridgehead atoms. The molecule has 0 aromatic heterocycles. The van der Waals surface area contributed by atoms with Gasteiger partial charge >= 0.3 is 0 Å². The van der Waals surface area contributed by atoms with E-state index in [9.17, 15) is 0 Å². The van der Waals surface area contributed by atoms with Crippen LogP contribution >= 0.6 is 0 Å². The molecule has 3 heteroatoms. The maximum absolute atomic E-state index is 5.61. The lowest BCUT2D eigenvalue weighted by Crippen LogP contribution is -2.48. The molecule has 1 rings (SSSR count). The van der Waals surface area contributed by atoms with Crippen molar-refractivity contribution in [3.8, 4) is 0 Å². The molecule has 0 aliphatic carbocycles. The molecular weight excluding hydrogens is 200 g/mol. The van der Waals surface area contributed by atoms with E-state index >= 15 is 0 Å². The zero-order chi connectivity index (χ0) is 11.8. The number of piperidine rings is 1. The molecule has 1 aliphatic heterocycles. The maximum atomic E-state index is 5.61. The van der Waals surface area contributed by atoms with Gasteiger partial charge in [0.25, 0.3) is 0 Å². The fraction of sp³-hybridized carbons (Fsp3) is 1.00. The summed E-state index contributed by atoms with van der Waals surface area (Å²) in [5.41, 5.74) is 5.61. The van der Waals surface area contributed by atoms with E-state index in [1.54, 1.807) is 7.11 Å². The zero-order valence-corrected chi connectivity index (χ0v) is 11.0. The summed E-state index contributed by atoms with van der Waals surface area (Å²) in [6, 6.07) is 1.35. The van der Waals surface area contributed by atoms with E-state index in [2.05, 4.69) is 11.8 Å². The number of likely N-dealkylation sites (tertiary alicyclic amines) is 1. The third-order valence-corrected chi connectivity index (χ3v) is 3.71. The summed E-state index contributed by atoms with van der Waals surface area (Å²) in [4.78, 5) is 2.67. The van der Waals surface area contributed by atoms with Crippen LogP contribution in [0.2, 0.25) is 0 Å². The van der Waals surface area contributed by atoms with Crippen molar-refractivity contribution >= 4 is 0 Å². The first kappa shape index (κ1) is 13.9. The van der Waals surface area contributed by atoms with Gasteiger partial charge in [0.1, 0.15) is 0 Å². The van der Waals surface area contributed by atoms with E-state index in [0.29, 0.717) is 6.04 Å². The number of methoxy groups -OCH3 is 1. The molecule has 0 amide bonds. The Balaban J connectivity index is 2.51. The molecule has 1 aliphatic rings. The normalized spacial score (nSPS) is 24.6. The second kappa shape index (κ2) is 8.04. The number of rotatable bonds is 7. The maximum Gasteiger partial charge on any atom is 0.0618 e. The number of ether oxygens (including phenoxy) is 1. The number of hydrogen-bond acceptors (Lipinski definition) is 3. The summed E-state index contributed by atoms with van der Waals surface area (Å²) in [6.45, 7) is 5.20. The van der Waals surface area contributed by atoms with Gasteiger partial charge in [-0.1, -0.05) is 13.3 Å². The van der Waals surface area contributed by atoms with Crippen LogP contribution in [0, 0.1) is 0 Å². The third kappa shape index (κ3) is 4.04. The predicted octanol–water partition coefficient (Wildman–Crippen LogP) is 2.00. The lowest BCUT2D eigenvalue weighted by Gasteiger charge is -2.41. The van der Waals surface area contributed by atoms with Crippen LogP contribution in [0.5, 0.6) is 0 Å². The molecule has 0 aromatic rings. The third-order valence-electron chi connectivity index (χ3n) is 3.71. The Morgan fingerprint density at radius 3 is 2.88 bits per heavy atom. The smallest absolute Gasteiger partial charge is 0.0618 e. The molecule has 0 aromatic carbocycles. The fourth-order valence-corrected chi connectivity index (χ4v) is 2.83. The summed E-state index contributed by atoms with van der Waals surface area (Å²) in [7, 11) is 1.81. The monoisotopic (exact) mass is 228 g/mol. The second-order valence-electron chi connectivity index (χ2n) is 4.84. The molecule has 96 valence electrons. The number of nitrogens with two attached hydrogens (primary N) is 1. The minimum Gasteiger partial charge on any atom is -0.383 e. The van der Waals surface area contributed by atoms with Crippen molar-refractivity contribution < 1.29 is 4.74 Å². The Morgan fingerprint density at radius 1 is 1.44 bits per heavy atom. The zero-order valence-electron chi connectivity index (χ0n) is 11.0. The van der Waals surface area contributed by atoms with Crippen LogP contribution < -0.4 is 5.73 Å². The van der Waals surface area contributed by atoms with Crippen molar-refractivity contribution in [1.82, 2.24) is 4.90 Å². The molecule has 1 heterocycles. The highest BCUT2D eigenvalue weighted by Crippen LogP contribution is 2.23. The Morgan fingerprint density at radius 2 is 2.25 bits per heavy atom. The average Bonchev–Trinajstić information content (AvgIpc) is 2.34. The molecule has 0 radical (unpaired) electrons. The Labute approximate surface area is 100 Å². The van der Waals surface area contributed by atoms with Gasteiger partial charge in [-0.3, -0.25) is 4.90 Å². The Kier molecular flexibility index (Phi) is 7.01. The van der Waals surface area contributed by atoms with Gasteiger partial charge in [0.15, 0.2) is 0 Å². The molecule has 0 spiro atoms. The van der Waals surface area contributed by atoms with E-state index in [0.717, 1.165) is 25.6 Å². The fourth-order valence-electron chi connectivity index (χ4n) is 2.83. The van der Waals surface area contributed by atoms with E-state index in [-0.39, 0.29) is 0 Å². The van der Waals surface area contributed by atoms with E-state index < -0.39 is 0 Å². The Bertz CT molecular complexity index is 175. The molecule has 1 fully saturated rings. The van der Waals surface area contributed by atoms with Crippen LogP contribution in [-0.4, -0.2) is 43.8 Å². The minimum atomic E-state index is 0.582. The van der Waals surface area contributed by atoms with Crippen LogP contribution in [0.1, 0.15) is 45.4 Å². The topological polar surface area (TPSA) is 38.5 Å². The highest BCUT2D eigenvalue weighted by Gasteiger charge is 2.27. The lowest BCUT2D eigenvalue weighted by atomic mass is 9.96. The summed E-state index contributed by atoms with van der Waals surface area (Å²) in [5.74, 6) is 0. The van der Waals surface area contributed by atoms with Crippen LogP contribution in [0.3, 0.4) is 0 Å². The standard InChI is InChI=1S/C13H28N2O/c1-3-12-7-4-5-10-15(12)13(11-16-2)8-6-9-14/h12-13H,3-11,14H2,1-2H3. The van der Waals surface area contributed by atoms with Gasteiger partial charge in [-0.15, -0.1) is 0 Å². The van der Waals surface area contributed by atoms with E-state index in [4.69, 9.17) is 10.5 Å². The number of nitrogens with zero attached hydrogens (tertiary/aromatic N) is 1. The first-order valence-electron chi connectivity index (χ1n) is 6.78. The van der Waals surface area contributed by atoms with Gasteiger partial charge in [-0.2, -0.15) is 0 Å². The molecule has 3 nitrogen and oxygen atoms in total. The molecule has 16 heavy (non-hydrogen) atoms. The minimum absolute atomic E-state index is 0.582. The lowest BCUT2D eigenvalue weighted by molar-refractivity contribution is 0.0341. The molecule has 2 N–H and O–H groups in total. The summed E-state index contributed by atoms with van der Waals surface area (Å²) >= 11 is 0. The van der Waals surface area contributed by atoms with Crippen molar-refractivity contribution in [2.75, 3.05) is 26.8 Å². The van der Waals surface area contributed by atoms with Gasteiger partial charge in [0.2, 0.25) is 0 Å². The van der Waals surface area contributed by atoms with Crippen molar-refractivity contribution in [2.24, 2.45) is 5.73 Å². The highest BCUT2D eigenvalue weighted by atomic mass is 16.5. The molecular formula is C13H28N2O. The van der Waals surface area contributed by atoms with E-state index in [1.165, 1.54) is 38.6 Å². The summed E-state index contributed by atoms with van der Waals surface area (Å²) in [5, 5.41) is 0. The summed E-state index contributed by atoms with van der Waals surface area (Å²) < 4.78 is 5.36. The molecule has 2 unspecified atom stereocenters. The van der Waals surface area contributed by atoms with Crippen LogP contribution in [0.25, 0.3) is 0 Å². The molecule has 1 saturated heterocycles. The highest BCUT2D eigenvalue weighted by molar-refractivity contribution is 4.82. The van der Waals surface area contributed by atoms with Crippen LogP contribution in [-0.2, 0) is 4.74 Å². The van der Waals surface area contributed by atoms with Crippen molar-refractivity contribution in [3.05, 3.63) is 0 Å². The van der Waals surface area contributed by atoms with Gasteiger partial charge in [0.05, 0.1) is 6.61 Å². The summed E-state index contributed by atoms with van der Waals surface area (Å²) in [6.07, 6.45) is 7.66. The van der Waals surface area contributed by atoms with Crippen molar-refractivity contribution in [2.45, 2.75) is 57.5 Å². The Hall–Kier alpha value is -0.120. The molecule has 2 atom stereocenters. The quantitative estimate of drug-likeness (QED) is 0.724. The van der Waals surface area contributed by atoms with Crippen LogP contribution in [0.4, 0.5) is 0 Å². The van der Waals surface area contributed by atoms with Crippen LogP contribution in [0.15, 0.2) is 0 Å². The number of hydrogen-bond donors (Lipinski definition) is 1. The van der Waals surface area contributed by atoms with Gasteiger partial charge in [-0.05, 0) is 45.2 Å². The largest absolute Gasteiger partial charge is 0.383 e. The molecule has 0 saturated carbocycles. The van der Waals surface area contributed by atoms with Gasteiger partial charge in [0, 0.05) is 19.2 Å². The first-order valence-corrected chi connectivity index (χ1v) is 6.78. The second-order valence-corrected chi connectivity index (χ2v) is 4.84. The average molecular weight is 228 g/mol. The predicted molar refractivity (Wildman–Crippen MR) is 68.6 cm³/mol. The first-order chi connectivity index (χ1) is 7.83. The SMILES string of the molecule is CCC1CCCCN1C(CCCN)COC. The van der Waals surface area contributed by atoms with Crippen molar-refractivity contribution in [3.63, 3.8) is 0 Å². The van der Waals surface area contributed by atoms with Gasteiger partial charge < -0.3 is 10.5 Å². The van der Waals surface area contributed by atoms with E-state index in [1.807, 2.05) is 0 Å². The van der Waals surface area contributed by atoms with Crippen molar-refractivity contribution in [1.29, 1.82) is 0 Å². The van der Waals surface area contributed by atoms with Gasteiger partial charge in [-0.25, -0.2) is 0 Å².